The van der Waals surface area contributed by atoms with Crippen LogP contribution in [0.2, 0.25) is 5.02 Å². The zero-order valence-corrected chi connectivity index (χ0v) is 28.2. The van der Waals surface area contributed by atoms with Crippen molar-refractivity contribution in [2.24, 2.45) is 9.98 Å². The fourth-order valence-electron chi connectivity index (χ4n) is 4.52. The number of carbonyl (C=O) groups excluding carboxylic acids is 2. The SMILES string of the molecule is C=N/C=C(\C(=N/COC)OC)c1nc(C=O)c(CN(C)c2cc(Cl)c[nH]c2=O)n1CCCn1cc(CNC(=O)COCCOCC)nn1. The predicted molar refractivity (Wildman–Crippen MR) is 179 cm³/mol. The molecule has 3 aromatic rings. The van der Waals surface area contributed by atoms with Crippen LogP contribution in [0.4, 0.5) is 5.69 Å². The van der Waals surface area contributed by atoms with Gasteiger partial charge in [-0.15, -0.1) is 5.10 Å². The van der Waals surface area contributed by atoms with Crippen molar-refractivity contribution in [2.45, 2.75) is 39.5 Å². The molecule has 1 amide bonds. The molecule has 0 atom stereocenters. The average Bonchev–Trinajstić information content (AvgIpc) is 3.68. The summed E-state index contributed by atoms with van der Waals surface area (Å²) in [6, 6.07) is 1.54. The standard InChI is InChI=1S/C30H41ClN10O7/c1-6-47-10-11-48-19-27(43)33-14-22-16-40(38-37-22)8-7-9-41-26(17-39(3)25-12-21(31)13-34-29(25)44)24(18-42)36-28(41)23(15-32-2)30(46-5)35-20-45-4/h12-13,15-16,18H,2,6-11,14,17,19-20H2,1,3-5H3,(H,33,43)(H,34,44)/b23-15-,35-30+. The number of ether oxygens (including phenoxy) is 4. The first-order valence-electron chi connectivity index (χ1n) is 14.9. The Hall–Kier alpha value is -4.71. The number of carbonyl (C=O) groups is 2. The van der Waals surface area contributed by atoms with Gasteiger partial charge < -0.3 is 38.7 Å². The molecule has 0 radical (unpaired) electrons. The molecule has 2 N–H and O–H groups in total. The topological polar surface area (TPSA) is 192 Å². The van der Waals surface area contributed by atoms with Crippen molar-refractivity contribution in [3.8, 4) is 0 Å². The lowest BCUT2D eigenvalue weighted by Crippen LogP contribution is -2.27. The maximum Gasteiger partial charge on any atom is 0.271 e. The maximum atomic E-state index is 12.6. The van der Waals surface area contributed by atoms with Gasteiger partial charge in [0.05, 0.1) is 55.9 Å². The number of aryl methyl sites for hydroxylation is 1. The molecule has 0 saturated heterocycles. The molecule has 3 rings (SSSR count). The molecule has 18 heteroatoms. The number of aromatic amines is 1. The molecule has 0 aliphatic carbocycles. The predicted octanol–water partition coefficient (Wildman–Crippen LogP) is 1.72. The van der Waals surface area contributed by atoms with Gasteiger partial charge in [0, 0.05) is 46.3 Å². The van der Waals surface area contributed by atoms with Crippen LogP contribution in [0.5, 0.6) is 0 Å². The van der Waals surface area contributed by atoms with Crippen LogP contribution in [-0.2, 0) is 49.9 Å². The summed E-state index contributed by atoms with van der Waals surface area (Å²) >= 11 is 6.15. The molecule has 3 aromatic heterocycles. The second kappa shape index (κ2) is 19.8. The first kappa shape index (κ1) is 37.7. The van der Waals surface area contributed by atoms with E-state index in [0.29, 0.717) is 79.1 Å². The van der Waals surface area contributed by atoms with Crippen molar-refractivity contribution in [1.29, 1.82) is 0 Å². The van der Waals surface area contributed by atoms with Crippen molar-refractivity contribution < 1.29 is 28.5 Å². The molecule has 3 heterocycles. The minimum atomic E-state index is -0.349. The summed E-state index contributed by atoms with van der Waals surface area (Å²) < 4.78 is 24.6. The van der Waals surface area contributed by atoms with Gasteiger partial charge in [0.25, 0.3) is 5.56 Å². The van der Waals surface area contributed by atoms with Crippen LogP contribution < -0.4 is 15.8 Å². The molecule has 0 unspecified atom stereocenters. The number of aromatic nitrogens is 6. The van der Waals surface area contributed by atoms with Crippen molar-refractivity contribution in [1.82, 2.24) is 34.8 Å². The third-order valence-electron chi connectivity index (χ3n) is 6.72. The summed E-state index contributed by atoms with van der Waals surface area (Å²) in [5, 5.41) is 11.4. The van der Waals surface area contributed by atoms with Gasteiger partial charge in [-0.3, -0.25) is 24.1 Å². The van der Waals surface area contributed by atoms with Gasteiger partial charge in [0.2, 0.25) is 11.8 Å². The second-order valence-corrected chi connectivity index (χ2v) is 10.5. The van der Waals surface area contributed by atoms with Crippen LogP contribution in [0.1, 0.15) is 41.0 Å². The Morgan fingerprint density at radius 2 is 2.04 bits per heavy atom. The molecule has 0 aliphatic rings. The summed E-state index contributed by atoms with van der Waals surface area (Å²) in [5.74, 6) is 0.233. The third kappa shape index (κ3) is 10.9. The van der Waals surface area contributed by atoms with E-state index in [0.717, 1.165) is 0 Å². The van der Waals surface area contributed by atoms with Crippen molar-refractivity contribution in [2.75, 3.05) is 59.3 Å². The van der Waals surface area contributed by atoms with Crippen LogP contribution in [0.3, 0.4) is 0 Å². The number of rotatable bonds is 21. The fraction of sp³-hybridized carbons (Fsp3) is 0.467. The molecule has 0 aromatic carbocycles. The highest BCUT2D eigenvalue weighted by Gasteiger charge is 2.25. The van der Waals surface area contributed by atoms with Crippen molar-refractivity contribution in [3.05, 3.63) is 62.9 Å². The van der Waals surface area contributed by atoms with Gasteiger partial charge in [-0.1, -0.05) is 16.8 Å². The largest absolute Gasteiger partial charge is 0.481 e. The average molecular weight is 689 g/mol. The van der Waals surface area contributed by atoms with Crippen LogP contribution >= 0.6 is 11.6 Å². The summed E-state index contributed by atoms with van der Waals surface area (Å²) in [6.45, 7) is 7.81. The van der Waals surface area contributed by atoms with E-state index in [1.165, 1.54) is 32.7 Å². The number of aldehydes is 1. The molecule has 0 fully saturated rings. The van der Waals surface area contributed by atoms with Crippen LogP contribution in [0, 0.1) is 0 Å². The van der Waals surface area contributed by atoms with Gasteiger partial charge in [-0.2, -0.15) is 0 Å². The second-order valence-electron chi connectivity index (χ2n) is 10.1. The number of amides is 1. The minimum Gasteiger partial charge on any atom is -0.481 e. The van der Waals surface area contributed by atoms with Crippen LogP contribution in [-0.4, -0.2) is 109 Å². The van der Waals surface area contributed by atoms with E-state index in [9.17, 15) is 14.4 Å². The number of hydrogen-bond donors (Lipinski definition) is 2. The molecule has 0 spiro atoms. The molecule has 48 heavy (non-hydrogen) atoms. The van der Waals surface area contributed by atoms with Crippen molar-refractivity contribution in [3.63, 3.8) is 0 Å². The number of aliphatic imine (C=N–C) groups is 2. The smallest absolute Gasteiger partial charge is 0.271 e. The lowest BCUT2D eigenvalue weighted by atomic mass is 10.2. The first-order chi connectivity index (χ1) is 23.3. The van der Waals surface area contributed by atoms with E-state index in [-0.39, 0.29) is 49.5 Å². The number of methoxy groups -OCH3 is 2. The van der Waals surface area contributed by atoms with Gasteiger partial charge in [0.1, 0.15) is 36.2 Å². The Bertz CT molecular complexity index is 1630. The molecule has 17 nitrogen and oxygen atoms in total. The number of imidazole rings is 1. The van der Waals surface area contributed by atoms with E-state index >= 15 is 0 Å². The van der Waals surface area contributed by atoms with Gasteiger partial charge >= 0.3 is 0 Å². The Morgan fingerprint density at radius 1 is 1.25 bits per heavy atom. The minimum absolute atomic E-state index is 0.00205. The molecule has 0 aliphatic heterocycles. The van der Waals surface area contributed by atoms with Gasteiger partial charge in [-0.25, -0.2) is 9.98 Å². The van der Waals surface area contributed by atoms with Gasteiger partial charge in [0.15, 0.2) is 6.29 Å². The normalized spacial score (nSPS) is 11.9. The van der Waals surface area contributed by atoms with E-state index < -0.39 is 0 Å². The summed E-state index contributed by atoms with van der Waals surface area (Å²) in [4.78, 5) is 54.1. The fourth-order valence-corrected chi connectivity index (χ4v) is 4.68. The summed E-state index contributed by atoms with van der Waals surface area (Å²) in [5.41, 5.74) is 1.55. The van der Waals surface area contributed by atoms with Crippen LogP contribution in [0.15, 0.2) is 39.4 Å². The number of anilines is 1. The van der Waals surface area contributed by atoms with E-state index in [2.05, 4.69) is 42.3 Å². The van der Waals surface area contributed by atoms with Crippen LogP contribution in [0.25, 0.3) is 5.57 Å². The summed E-state index contributed by atoms with van der Waals surface area (Å²) in [6.07, 6.45) is 5.73. The number of nitrogens with one attached hydrogen (secondary N) is 2. The molecule has 260 valence electrons. The van der Waals surface area contributed by atoms with E-state index in [1.54, 1.807) is 22.8 Å². The van der Waals surface area contributed by atoms with E-state index in [4.69, 9.17) is 30.5 Å². The Morgan fingerprint density at radius 3 is 2.75 bits per heavy atom. The zero-order chi connectivity index (χ0) is 34.9. The Labute approximate surface area is 282 Å². The number of hydrogen-bond acceptors (Lipinski definition) is 13. The Kier molecular flexibility index (Phi) is 15.6. The first-order valence-corrected chi connectivity index (χ1v) is 15.3. The monoisotopic (exact) mass is 688 g/mol. The molecule has 0 bridgehead atoms. The highest BCUT2D eigenvalue weighted by molar-refractivity contribution is 6.30. The van der Waals surface area contributed by atoms with Crippen molar-refractivity contribution >= 4 is 47.7 Å². The number of H-pyrrole nitrogens is 1. The number of pyridine rings is 1. The lowest BCUT2D eigenvalue weighted by molar-refractivity contribution is -0.126. The lowest BCUT2D eigenvalue weighted by Gasteiger charge is -2.21. The molecular formula is C30H41ClN10O7. The summed E-state index contributed by atoms with van der Waals surface area (Å²) in [7, 11) is 4.64. The van der Waals surface area contributed by atoms with Gasteiger partial charge in [-0.05, 0) is 26.1 Å². The highest BCUT2D eigenvalue weighted by Crippen LogP contribution is 2.24. The molecular weight excluding hydrogens is 648 g/mol. The number of halogens is 1. The zero-order valence-electron chi connectivity index (χ0n) is 27.5. The van der Waals surface area contributed by atoms with E-state index in [1.807, 2.05) is 11.5 Å². The third-order valence-corrected chi connectivity index (χ3v) is 6.93. The highest BCUT2D eigenvalue weighted by atomic mass is 35.5. The molecule has 0 saturated carbocycles. The maximum absolute atomic E-state index is 12.6. The number of nitrogens with zero attached hydrogens (tertiary/aromatic N) is 8. The Balaban J connectivity index is 1.84. The quantitative estimate of drug-likeness (QED) is 0.0717.